The van der Waals surface area contributed by atoms with Gasteiger partial charge in [0.15, 0.2) is 0 Å². The van der Waals surface area contributed by atoms with E-state index in [2.05, 4.69) is 9.97 Å². The minimum absolute atomic E-state index is 0.289. The van der Waals surface area contributed by atoms with E-state index in [-0.39, 0.29) is 5.82 Å². The number of rotatable bonds is 4. The van der Waals surface area contributed by atoms with Crippen molar-refractivity contribution in [3.63, 3.8) is 0 Å². The molecule has 2 aromatic heterocycles. The first-order valence-corrected chi connectivity index (χ1v) is 9.35. The predicted octanol–water partition coefficient (Wildman–Crippen LogP) is 5.48. The van der Waals surface area contributed by atoms with E-state index in [0.717, 1.165) is 47.5 Å². The van der Waals surface area contributed by atoms with Gasteiger partial charge in [-0.05, 0) is 60.4 Å². The summed E-state index contributed by atoms with van der Waals surface area (Å²) in [7, 11) is 0. The van der Waals surface area contributed by atoms with Crippen molar-refractivity contribution in [3.8, 4) is 0 Å². The zero-order valence-electron chi connectivity index (χ0n) is 14.8. The van der Waals surface area contributed by atoms with Crippen LogP contribution < -0.4 is 0 Å². The fourth-order valence-electron chi connectivity index (χ4n) is 3.48. The first kappa shape index (κ1) is 17.7. The van der Waals surface area contributed by atoms with E-state index < -0.39 is 0 Å². The number of hydrogen-bond acceptors (Lipinski definition) is 2. The van der Waals surface area contributed by atoms with Crippen LogP contribution >= 0.6 is 11.6 Å². The summed E-state index contributed by atoms with van der Waals surface area (Å²) in [6.45, 7) is 0.784. The summed E-state index contributed by atoms with van der Waals surface area (Å²) in [4.78, 5) is 12.3. The largest absolute Gasteiger partial charge is 0.361 e. The normalized spacial score (nSPS) is 16.1. The Morgan fingerprint density at radius 2 is 2.07 bits per heavy atom. The number of H-pyrrole nitrogens is 1. The number of benzene rings is 1. The van der Waals surface area contributed by atoms with Gasteiger partial charge in [-0.3, -0.25) is 9.98 Å². The zero-order chi connectivity index (χ0) is 18.6. The first-order chi connectivity index (χ1) is 13.2. The van der Waals surface area contributed by atoms with Crippen molar-refractivity contribution in [1.29, 1.82) is 0 Å². The number of nitrogens with zero attached hydrogens (tertiary/aromatic N) is 2. The van der Waals surface area contributed by atoms with Crippen molar-refractivity contribution >= 4 is 22.9 Å². The number of pyridine rings is 1. The minimum atomic E-state index is -0.289. The Kier molecular flexibility index (Phi) is 5.16. The molecule has 1 N–H and O–H groups in total. The highest BCUT2D eigenvalue weighted by Crippen LogP contribution is 2.32. The highest BCUT2D eigenvalue weighted by molar-refractivity contribution is 6.31. The average Bonchev–Trinajstić information content (AvgIpc) is 3.23. The van der Waals surface area contributed by atoms with E-state index >= 15 is 0 Å². The number of aromatic nitrogens is 2. The second kappa shape index (κ2) is 7.89. The summed E-state index contributed by atoms with van der Waals surface area (Å²) in [5.41, 5.74) is 5.53. The number of aliphatic imine (C=N–C) groups is 1. The van der Waals surface area contributed by atoms with E-state index in [1.165, 1.54) is 6.07 Å². The summed E-state index contributed by atoms with van der Waals surface area (Å²) < 4.78 is 14.5. The van der Waals surface area contributed by atoms with Crippen LogP contribution in [0.1, 0.15) is 29.7 Å². The molecule has 0 saturated heterocycles. The Morgan fingerprint density at radius 3 is 2.81 bits per heavy atom. The molecule has 1 aromatic carbocycles. The maximum Gasteiger partial charge on any atom is 0.128 e. The van der Waals surface area contributed by atoms with Gasteiger partial charge in [-0.2, -0.15) is 0 Å². The third kappa shape index (κ3) is 3.71. The van der Waals surface area contributed by atoms with E-state index in [9.17, 15) is 4.39 Å². The molecule has 0 unspecified atom stereocenters. The van der Waals surface area contributed by atoms with Gasteiger partial charge in [0, 0.05) is 53.4 Å². The summed E-state index contributed by atoms with van der Waals surface area (Å²) in [6, 6.07) is 12.7. The van der Waals surface area contributed by atoms with Crippen molar-refractivity contribution in [3.05, 3.63) is 94.3 Å². The van der Waals surface area contributed by atoms with Crippen LogP contribution in [-0.4, -0.2) is 22.2 Å². The monoisotopic (exact) mass is 379 g/mol. The highest BCUT2D eigenvalue weighted by Gasteiger charge is 2.22. The molecule has 3 aromatic rings. The number of hydrogen-bond donors (Lipinski definition) is 1. The van der Waals surface area contributed by atoms with E-state index in [4.69, 9.17) is 16.6 Å². The van der Waals surface area contributed by atoms with Gasteiger partial charge >= 0.3 is 0 Å². The van der Waals surface area contributed by atoms with Gasteiger partial charge in [0.25, 0.3) is 0 Å². The molecule has 0 saturated carbocycles. The lowest BCUT2D eigenvalue weighted by atomic mass is 9.88. The number of aromatic amines is 1. The summed E-state index contributed by atoms with van der Waals surface area (Å²) in [5.74, 6) is -0.289. The van der Waals surface area contributed by atoms with Gasteiger partial charge in [0.05, 0.1) is 5.71 Å². The number of nitrogens with one attached hydrogen (secondary N) is 1. The molecule has 0 bridgehead atoms. The second-order valence-electron chi connectivity index (χ2n) is 6.49. The second-order valence-corrected chi connectivity index (χ2v) is 6.90. The molecule has 0 aliphatic carbocycles. The van der Waals surface area contributed by atoms with Crippen molar-refractivity contribution in [1.82, 2.24) is 9.97 Å². The summed E-state index contributed by atoms with van der Waals surface area (Å²) >= 11 is 6.31. The van der Waals surface area contributed by atoms with Crippen molar-refractivity contribution in [2.45, 2.75) is 19.3 Å². The Hall–Kier alpha value is -2.72. The van der Waals surface area contributed by atoms with Crippen LogP contribution in [0.4, 0.5) is 4.39 Å². The molecule has 0 radical (unpaired) electrons. The molecule has 136 valence electrons. The maximum atomic E-state index is 14.5. The van der Waals surface area contributed by atoms with Crippen LogP contribution in [0.5, 0.6) is 0 Å². The Labute approximate surface area is 162 Å². The van der Waals surface area contributed by atoms with Gasteiger partial charge in [0.2, 0.25) is 0 Å². The van der Waals surface area contributed by atoms with E-state index in [1.54, 1.807) is 18.3 Å². The molecule has 1 aliphatic heterocycles. The molecule has 5 heteroatoms. The maximum absolute atomic E-state index is 14.5. The quantitative estimate of drug-likeness (QED) is 0.640. The van der Waals surface area contributed by atoms with Crippen molar-refractivity contribution in [2.24, 2.45) is 4.99 Å². The third-order valence-electron chi connectivity index (χ3n) is 4.78. The Bertz CT molecular complexity index is 971. The van der Waals surface area contributed by atoms with Crippen LogP contribution in [0.25, 0.3) is 5.57 Å². The molecule has 27 heavy (non-hydrogen) atoms. The SMILES string of the molecule is Fc1cccc(Cl)c1CC(=C1CCCN=C1c1cccnc1)c1ccc[nH]1. The van der Waals surface area contributed by atoms with Crippen molar-refractivity contribution in [2.75, 3.05) is 6.54 Å². The van der Waals surface area contributed by atoms with Gasteiger partial charge in [-0.1, -0.05) is 17.7 Å². The summed E-state index contributed by atoms with van der Waals surface area (Å²) in [6.07, 6.45) is 7.71. The predicted molar refractivity (Wildman–Crippen MR) is 108 cm³/mol. The topological polar surface area (TPSA) is 41.0 Å². The average molecular weight is 380 g/mol. The molecule has 3 nitrogen and oxygen atoms in total. The lowest BCUT2D eigenvalue weighted by molar-refractivity contribution is 0.615. The smallest absolute Gasteiger partial charge is 0.128 e. The molecule has 3 heterocycles. The van der Waals surface area contributed by atoms with Crippen LogP contribution in [0.2, 0.25) is 5.02 Å². The lowest BCUT2D eigenvalue weighted by Gasteiger charge is -2.21. The molecular weight excluding hydrogens is 361 g/mol. The third-order valence-corrected chi connectivity index (χ3v) is 5.13. The number of allylic oxidation sites excluding steroid dienone is 2. The summed E-state index contributed by atoms with van der Waals surface area (Å²) in [5, 5.41) is 0.440. The fourth-order valence-corrected chi connectivity index (χ4v) is 3.71. The molecule has 0 atom stereocenters. The van der Waals surface area contributed by atoms with Crippen LogP contribution in [-0.2, 0) is 6.42 Å². The van der Waals surface area contributed by atoms with E-state index in [0.29, 0.717) is 17.0 Å². The molecule has 1 aliphatic rings. The van der Waals surface area contributed by atoms with Crippen LogP contribution in [0.3, 0.4) is 0 Å². The van der Waals surface area contributed by atoms with Crippen LogP contribution in [0.15, 0.2) is 71.6 Å². The Morgan fingerprint density at radius 1 is 1.15 bits per heavy atom. The molecule has 0 spiro atoms. The first-order valence-electron chi connectivity index (χ1n) is 8.98. The minimum Gasteiger partial charge on any atom is -0.361 e. The van der Waals surface area contributed by atoms with E-state index in [1.807, 2.05) is 36.7 Å². The Balaban J connectivity index is 1.87. The van der Waals surface area contributed by atoms with Crippen molar-refractivity contribution < 1.29 is 4.39 Å². The zero-order valence-corrected chi connectivity index (χ0v) is 15.5. The highest BCUT2D eigenvalue weighted by atomic mass is 35.5. The van der Waals surface area contributed by atoms with Gasteiger partial charge in [0.1, 0.15) is 5.82 Å². The molecular formula is C22H19ClFN3. The fraction of sp³-hybridized carbons (Fsp3) is 0.182. The lowest BCUT2D eigenvalue weighted by Crippen LogP contribution is -2.15. The molecule has 0 fully saturated rings. The number of halogens is 2. The van der Waals surface area contributed by atoms with Gasteiger partial charge in [-0.15, -0.1) is 0 Å². The standard InChI is InChI=1S/C22H19ClFN3/c23-19-7-1-8-20(24)18(19)13-17(21-9-4-11-26-21)16-6-3-12-27-22(16)15-5-2-10-25-14-15/h1-2,4-5,7-11,14,26H,3,6,12-13H2. The van der Waals surface area contributed by atoms with Crippen LogP contribution in [0, 0.1) is 5.82 Å². The van der Waals surface area contributed by atoms with Gasteiger partial charge in [-0.25, -0.2) is 4.39 Å². The molecule has 4 rings (SSSR count). The molecule has 0 amide bonds. The van der Waals surface area contributed by atoms with Gasteiger partial charge < -0.3 is 4.98 Å².